The molecule has 1 aliphatic heterocycles. The van der Waals surface area contributed by atoms with E-state index in [0.29, 0.717) is 17.9 Å². The number of fused-ring (bicyclic) bond motifs is 1. The van der Waals surface area contributed by atoms with Gasteiger partial charge in [-0.3, -0.25) is 9.98 Å². The van der Waals surface area contributed by atoms with E-state index in [1.165, 1.54) is 7.11 Å². The number of hydrogen-bond donors (Lipinski definition) is 0. The van der Waals surface area contributed by atoms with Crippen molar-refractivity contribution in [2.45, 2.75) is 20.0 Å². The molecular formula is C24H22N2O4. The van der Waals surface area contributed by atoms with Crippen molar-refractivity contribution in [2.24, 2.45) is 4.99 Å². The van der Waals surface area contributed by atoms with Crippen LogP contribution in [-0.4, -0.2) is 30.9 Å². The molecule has 0 bridgehead atoms. The minimum absolute atomic E-state index is 0.330. The summed E-state index contributed by atoms with van der Waals surface area (Å²) < 4.78 is 15.8. The highest BCUT2D eigenvalue weighted by Crippen LogP contribution is 2.33. The first-order chi connectivity index (χ1) is 14.6. The van der Waals surface area contributed by atoms with Crippen LogP contribution in [0.3, 0.4) is 0 Å². The van der Waals surface area contributed by atoms with Crippen molar-refractivity contribution >= 4 is 17.4 Å². The first kappa shape index (κ1) is 19.6. The number of rotatable bonds is 6. The fraction of sp³-hybridized carbons (Fsp3) is 0.208. The molecule has 0 unspecified atom stereocenters. The lowest BCUT2D eigenvalue weighted by molar-refractivity contribution is 0.0600. The molecule has 0 fully saturated rings. The Balaban J connectivity index is 1.48. The Kier molecular flexibility index (Phi) is 5.48. The Labute approximate surface area is 175 Å². The minimum atomic E-state index is -0.330. The number of hydrogen-bond acceptors (Lipinski definition) is 6. The molecule has 4 rings (SSSR count). The summed E-state index contributed by atoms with van der Waals surface area (Å²) in [7, 11) is 3.00. The molecule has 6 heteroatoms. The van der Waals surface area contributed by atoms with Gasteiger partial charge < -0.3 is 14.2 Å². The third-order valence-corrected chi connectivity index (χ3v) is 5.06. The molecule has 2 heterocycles. The molecule has 0 saturated carbocycles. The van der Waals surface area contributed by atoms with Crippen LogP contribution in [0.25, 0.3) is 0 Å². The molecule has 6 nitrogen and oxygen atoms in total. The second-order valence-corrected chi connectivity index (χ2v) is 7.03. The van der Waals surface area contributed by atoms with E-state index < -0.39 is 0 Å². The van der Waals surface area contributed by atoms with Gasteiger partial charge in [-0.2, -0.15) is 0 Å². The van der Waals surface area contributed by atoms with E-state index in [4.69, 9.17) is 19.2 Å². The summed E-state index contributed by atoms with van der Waals surface area (Å²) in [5.74, 6) is 1.13. The van der Waals surface area contributed by atoms with Crippen LogP contribution < -0.4 is 9.47 Å². The lowest BCUT2D eigenvalue weighted by Gasteiger charge is -2.07. The van der Waals surface area contributed by atoms with Gasteiger partial charge in [0.1, 0.15) is 18.1 Å². The lowest BCUT2D eigenvalue weighted by Crippen LogP contribution is -2.06. The van der Waals surface area contributed by atoms with Crippen molar-refractivity contribution in [3.63, 3.8) is 0 Å². The third kappa shape index (κ3) is 4.03. The first-order valence-corrected chi connectivity index (χ1v) is 9.59. The van der Waals surface area contributed by atoms with Gasteiger partial charge in [0.2, 0.25) is 0 Å². The van der Waals surface area contributed by atoms with Gasteiger partial charge in [-0.25, -0.2) is 4.79 Å². The molecule has 1 aromatic heterocycles. The smallest absolute Gasteiger partial charge is 0.338 e. The monoisotopic (exact) mass is 402 g/mol. The summed E-state index contributed by atoms with van der Waals surface area (Å²) in [6.07, 6.45) is 2.41. The molecule has 3 aromatic rings. The van der Waals surface area contributed by atoms with Gasteiger partial charge in [-0.15, -0.1) is 0 Å². The summed E-state index contributed by atoms with van der Waals surface area (Å²) >= 11 is 0. The summed E-state index contributed by atoms with van der Waals surface area (Å²) in [5.41, 5.74) is 6.28. The van der Waals surface area contributed by atoms with Crippen molar-refractivity contribution in [3.8, 4) is 11.5 Å². The van der Waals surface area contributed by atoms with Crippen LogP contribution in [0.15, 0.2) is 59.7 Å². The van der Waals surface area contributed by atoms with Crippen molar-refractivity contribution in [1.82, 2.24) is 4.98 Å². The molecule has 1 aliphatic rings. The van der Waals surface area contributed by atoms with Gasteiger partial charge >= 0.3 is 5.97 Å². The predicted molar refractivity (Wildman–Crippen MR) is 114 cm³/mol. The van der Waals surface area contributed by atoms with Crippen LogP contribution in [-0.2, 0) is 17.8 Å². The number of pyridine rings is 1. The SMILES string of the molecule is COC(=O)c1ccc(C2=Nc3cc(OCc4ccc(OC)cn4)ccc3C2)cc1C. The van der Waals surface area contributed by atoms with E-state index in [2.05, 4.69) is 4.98 Å². The number of esters is 1. The van der Waals surface area contributed by atoms with Crippen LogP contribution in [0.4, 0.5) is 5.69 Å². The maximum Gasteiger partial charge on any atom is 0.338 e. The summed E-state index contributed by atoms with van der Waals surface area (Å²) in [6, 6.07) is 15.4. The fourth-order valence-electron chi connectivity index (χ4n) is 3.38. The van der Waals surface area contributed by atoms with Gasteiger partial charge in [0, 0.05) is 12.5 Å². The van der Waals surface area contributed by atoms with Crippen LogP contribution >= 0.6 is 0 Å². The Morgan fingerprint density at radius 3 is 2.57 bits per heavy atom. The van der Waals surface area contributed by atoms with E-state index in [-0.39, 0.29) is 5.97 Å². The number of methoxy groups -OCH3 is 2. The Morgan fingerprint density at radius 2 is 1.87 bits per heavy atom. The number of carbonyl (C=O) groups is 1. The molecule has 0 N–H and O–H groups in total. The molecule has 0 amide bonds. The van der Waals surface area contributed by atoms with E-state index in [1.807, 2.05) is 49.4 Å². The van der Waals surface area contributed by atoms with Gasteiger partial charge in [-0.1, -0.05) is 12.1 Å². The first-order valence-electron chi connectivity index (χ1n) is 9.59. The van der Waals surface area contributed by atoms with Gasteiger partial charge in [0.15, 0.2) is 0 Å². The van der Waals surface area contributed by atoms with Crippen LogP contribution in [0, 0.1) is 6.92 Å². The number of aliphatic imine (C=N–C) groups is 1. The number of nitrogens with zero attached hydrogens (tertiary/aromatic N) is 2. The standard InChI is InChI=1S/C24H22N2O4/c1-15-10-16(5-9-21(15)24(27)29-3)22-11-17-4-7-19(12-23(17)26-22)30-14-18-6-8-20(28-2)13-25-18/h4-10,12-13H,11,14H2,1-3H3. The van der Waals surface area contributed by atoms with Crippen LogP contribution in [0.2, 0.25) is 0 Å². The van der Waals surface area contributed by atoms with Gasteiger partial charge in [0.05, 0.1) is 43.1 Å². The van der Waals surface area contributed by atoms with Crippen LogP contribution in [0.5, 0.6) is 11.5 Å². The summed E-state index contributed by atoms with van der Waals surface area (Å²) in [6.45, 7) is 2.27. The zero-order valence-electron chi connectivity index (χ0n) is 17.1. The van der Waals surface area contributed by atoms with Gasteiger partial charge in [-0.05, 0) is 53.9 Å². The quantitative estimate of drug-likeness (QED) is 0.570. The molecule has 152 valence electrons. The molecule has 0 saturated heterocycles. The molecular weight excluding hydrogens is 380 g/mol. The van der Waals surface area contributed by atoms with Gasteiger partial charge in [0.25, 0.3) is 0 Å². The number of ether oxygens (including phenoxy) is 3. The Hall–Kier alpha value is -3.67. The average Bonchev–Trinajstić information content (AvgIpc) is 3.21. The van der Waals surface area contributed by atoms with Crippen molar-refractivity contribution in [2.75, 3.05) is 14.2 Å². The van der Waals surface area contributed by atoms with Crippen molar-refractivity contribution in [3.05, 3.63) is 82.7 Å². The van der Waals surface area contributed by atoms with E-state index in [9.17, 15) is 4.79 Å². The topological polar surface area (TPSA) is 70.0 Å². The lowest BCUT2D eigenvalue weighted by atomic mass is 9.99. The maximum absolute atomic E-state index is 11.8. The maximum atomic E-state index is 11.8. The van der Waals surface area contributed by atoms with E-state index in [1.54, 1.807) is 19.4 Å². The molecule has 0 aliphatic carbocycles. The predicted octanol–water partition coefficient (Wildman–Crippen LogP) is 4.44. The number of carbonyl (C=O) groups excluding carboxylic acids is 1. The second kappa shape index (κ2) is 8.37. The van der Waals surface area contributed by atoms with E-state index >= 15 is 0 Å². The second-order valence-electron chi connectivity index (χ2n) is 7.03. The zero-order chi connectivity index (χ0) is 21.1. The number of aryl methyl sites for hydroxylation is 1. The van der Waals surface area contributed by atoms with Crippen molar-refractivity contribution < 1.29 is 19.0 Å². The van der Waals surface area contributed by atoms with Crippen LogP contribution in [0.1, 0.15) is 32.7 Å². The molecule has 0 spiro atoms. The zero-order valence-corrected chi connectivity index (χ0v) is 17.1. The highest BCUT2D eigenvalue weighted by molar-refractivity contribution is 6.07. The van der Waals surface area contributed by atoms with Crippen molar-refractivity contribution in [1.29, 1.82) is 0 Å². The number of benzene rings is 2. The molecule has 0 atom stereocenters. The summed E-state index contributed by atoms with van der Waals surface area (Å²) in [5, 5.41) is 0. The Bertz CT molecular complexity index is 1120. The van der Waals surface area contributed by atoms with E-state index in [0.717, 1.165) is 46.0 Å². The molecule has 2 aromatic carbocycles. The molecule has 0 radical (unpaired) electrons. The fourth-order valence-corrected chi connectivity index (χ4v) is 3.38. The average molecular weight is 402 g/mol. The minimum Gasteiger partial charge on any atom is -0.495 e. The highest BCUT2D eigenvalue weighted by Gasteiger charge is 2.18. The largest absolute Gasteiger partial charge is 0.495 e. The normalized spacial score (nSPS) is 12.2. The Morgan fingerprint density at radius 1 is 1.03 bits per heavy atom. The third-order valence-electron chi connectivity index (χ3n) is 5.06. The highest BCUT2D eigenvalue weighted by atomic mass is 16.5. The molecule has 30 heavy (non-hydrogen) atoms. The summed E-state index contributed by atoms with van der Waals surface area (Å²) in [4.78, 5) is 20.9. The number of aromatic nitrogens is 1.